The smallest absolute Gasteiger partial charge is 0.0623 e. The molecule has 0 aromatic rings. The van der Waals surface area contributed by atoms with Crippen LogP contribution in [0.25, 0.3) is 0 Å². The van der Waals surface area contributed by atoms with Gasteiger partial charge in [0.05, 0.1) is 13.2 Å². The van der Waals surface area contributed by atoms with Crippen molar-refractivity contribution < 1.29 is 5.11 Å². The fourth-order valence-electron chi connectivity index (χ4n) is 0.868. The Hall–Kier alpha value is -0.570. The summed E-state index contributed by atoms with van der Waals surface area (Å²) in [4.78, 5) is 0. The topological polar surface area (TPSA) is 35.8 Å². The average Bonchev–Trinajstić information content (AvgIpc) is 1.87. The largest absolute Gasteiger partial charge is 0.394 e. The second-order valence-electron chi connectivity index (χ2n) is 2.72. The van der Waals surface area contributed by atoms with Crippen LogP contribution in [0.5, 0.6) is 0 Å². The molecule has 0 fully saturated rings. The van der Waals surface area contributed by atoms with Crippen LogP contribution in [0.3, 0.4) is 0 Å². The fourth-order valence-corrected chi connectivity index (χ4v) is 0.868. The molecule has 0 spiro atoms. The Morgan fingerprint density at radius 2 is 2.00 bits per heavy atom. The predicted molar refractivity (Wildman–Crippen MR) is 47.7 cm³/mol. The van der Waals surface area contributed by atoms with Crippen molar-refractivity contribution in [2.24, 2.45) is 5.10 Å². The van der Waals surface area contributed by atoms with Gasteiger partial charge in [-0.25, -0.2) is 0 Å². The van der Waals surface area contributed by atoms with E-state index in [4.69, 9.17) is 5.11 Å². The lowest BCUT2D eigenvalue weighted by molar-refractivity contribution is 0.201. The first-order valence-electron chi connectivity index (χ1n) is 4.08. The number of aliphatic hydroxyl groups is 1. The molecule has 11 heavy (non-hydrogen) atoms. The van der Waals surface area contributed by atoms with Crippen molar-refractivity contribution in [1.29, 1.82) is 0 Å². The first-order chi connectivity index (χ1) is 5.20. The van der Waals surface area contributed by atoms with Crippen molar-refractivity contribution in [2.45, 2.75) is 27.2 Å². The van der Waals surface area contributed by atoms with Crippen LogP contribution in [0.4, 0.5) is 0 Å². The van der Waals surface area contributed by atoms with E-state index in [9.17, 15) is 0 Å². The van der Waals surface area contributed by atoms with Crippen molar-refractivity contribution in [3.8, 4) is 0 Å². The van der Waals surface area contributed by atoms with Gasteiger partial charge in [0.2, 0.25) is 0 Å². The molecule has 3 nitrogen and oxygen atoms in total. The molecule has 0 rings (SSSR count). The summed E-state index contributed by atoms with van der Waals surface area (Å²) in [5.41, 5.74) is 1.03. The number of hydrogen-bond donors (Lipinski definition) is 1. The SMILES string of the molecule is CCCN(CCO)N=C(C)C. The number of hydrogen-bond acceptors (Lipinski definition) is 3. The monoisotopic (exact) mass is 158 g/mol. The van der Waals surface area contributed by atoms with Gasteiger partial charge >= 0.3 is 0 Å². The lowest BCUT2D eigenvalue weighted by atomic mass is 10.4. The Balaban J connectivity index is 3.78. The van der Waals surface area contributed by atoms with Crippen LogP contribution in [0.15, 0.2) is 5.10 Å². The second kappa shape index (κ2) is 6.16. The highest BCUT2D eigenvalue weighted by molar-refractivity contribution is 5.78. The number of aliphatic hydroxyl groups excluding tert-OH is 1. The lowest BCUT2D eigenvalue weighted by Gasteiger charge is -2.17. The van der Waals surface area contributed by atoms with Crippen molar-refractivity contribution in [2.75, 3.05) is 19.7 Å². The maximum Gasteiger partial charge on any atom is 0.0623 e. The van der Waals surface area contributed by atoms with Crippen LogP contribution in [0, 0.1) is 0 Å². The zero-order chi connectivity index (χ0) is 8.69. The summed E-state index contributed by atoms with van der Waals surface area (Å²) in [7, 11) is 0. The van der Waals surface area contributed by atoms with Crippen LogP contribution in [0.1, 0.15) is 27.2 Å². The van der Waals surface area contributed by atoms with E-state index in [0.29, 0.717) is 6.54 Å². The van der Waals surface area contributed by atoms with Crippen LogP contribution >= 0.6 is 0 Å². The normalized spacial score (nSPS) is 9.45. The van der Waals surface area contributed by atoms with Crippen LogP contribution in [-0.4, -0.2) is 35.5 Å². The number of rotatable bonds is 5. The summed E-state index contributed by atoms with van der Waals surface area (Å²) in [5.74, 6) is 0. The molecule has 0 bridgehead atoms. The maximum absolute atomic E-state index is 8.67. The van der Waals surface area contributed by atoms with Gasteiger partial charge in [-0.05, 0) is 20.3 Å². The minimum absolute atomic E-state index is 0.177. The van der Waals surface area contributed by atoms with Gasteiger partial charge in [0.15, 0.2) is 0 Å². The molecular formula is C8H18N2O. The molecule has 0 aliphatic carbocycles. The molecule has 1 N–H and O–H groups in total. The van der Waals surface area contributed by atoms with E-state index in [2.05, 4.69) is 12.0 Å². The minimum Gasteiger partial charge on any atom is -0.394 e. The summed E-state index contributed by atoms with van der Waals surface area (Å²) in [6, 6.07) is 0. The second-order valence-corrected chi connectivity index (χ2v) is 2.72. The number of hydrazone groups is 1. The van der Waals surface area contributed by atoms with Gasteiger partial charge in [-0.1, -0.05) is 6.92 Å². The fraction of sp³-hybridized carbons (Fsp3) is 0.875. The summed E-state index contributed by atoms with van der Waals surface area (Å²) < 4.78 is 0. The van der Waals surface area contributed by atoms with Gasteiger partial charge in [-0.2, -0.15) is 5.10 Å². The van der Waals surface area contributed by atoms with Gasteiger partial charge in [-0.3, -0.25) is 5.01 Å². The predicted octanol–water partition coefficient (Wildman–Crippen LogP) is 1.09. The highest BCUT2D eigenvalue weighted by atomic mass is 16.3. The zero-order valence-electron chi connectivity index (χ0n) is 7.67. The Bertz CT molecular complexity index is 113. The lowest BCUT2D eigenvalue weighted by Crippen LogP contribution is -2.23. The molecule has 0 heterocycles. The summed E-state index contributed by atoms with van der Waals surface area (Å²) in [6.45, 7) is 7.76. The summed E-state index contributed by atoms with van der Waals surface area (Å²) in [5, 5.41) is 14.8. The molecule has 0 aromatic heterocycles. The summed E-state index contributed by atoms with van der Waals surface area (Å²) >= 11 is 0. The molecule has 0 saturated carbocycles. The van der Waals surface area contributed by atoms with E-state index >= 15 is 0 Å². The van der Waals surface area contributed by atoms with Crippen LogP contribution in [0.2, 0.25) is 0 Å². The highest BCUT2D eigenvalue weighted by Crippen LogP contribution is 1.92. The Morgan fingerprint density at radius 1 is 1.36 bits per heavy atom. The Morgan fingerprint density at radius 3 is 2.36 bits per heavy atom. The Kier molecular flexibility index (Phi) is 5.84. The molecular weight excluding hydrogens is 140 g/mol. The van der Waals surface area contributed by atoms with Crippen molar-refractivity contribution in [3.63, 3.8) is 0 Å². The van der Waals surface area contributed by atoms with Crippen molar-refractivity contribution >= 4 is 5.71 Å². The third-order valence-corrected chi connectivity index (χ3v) is 1.18. The third-order valence-electron chi connectivity index (χ3n) is 1.18. The molecule has 3 heteroatoms. The van der Waals surface area contributed by atoms with Gasteiger partial charge < -0.3 is 5.11 Å². The molecule has 0 radical (unpaired) electrons. The van der Waals surface area contributed by atoms with Gasteiger partial charge in [0.25, 0.3) is 0 Å². The standard InChI is InChI=1S/C8H18N2O/c1-4-5-10(6-7-11)9-8(2)3/h11H,4-7H2,1-3H3. The summed E-state index contributed by atoms with van der Waals surface area (Å²) in [6.07, 6.45) is 1.07. The van der Waals surface area contributed by atoms with Crippen LogP contribution in [-0.2, 0) is 0 Å². The zero-order valence-corrected chi connectivity index (χ0v) is 7.67. The van der Waals surface area contributed by atoms with Crippen molar-refractivity contribution in [1.82, 2.24) is 5.01 Å². The first-order valence-corrected chi connectivity index (χ1v) is 4.08. The number of nitrogens with zero attached hydrogens (tertiary/aromatic N) is 2. The van der Waals surface area contributed by atoms with E-state index < -0.39 is 0 Å². The molecule has 0 amide bonds. The van der Waals surface area contributed by atoms with Gasteiger partial charge in [-0.15, -0.1) is 0 Å². The van der Waals surface area contributed by atoms with E-state index in [1.165, 1.54) is 0 Å². The molecule has 66 valence electrons. The third kappa shape index (κ3) is 5.85. The molecule has 0 aromatic carbocycles. The van der Waals surface area contributed by atoms with Crippen molar-refractivity contribution in [3.05, 3.63) is 0 Å². The average molecular weight is 158 g/mol. The highest BCUT2D eigenvalue weighted by Gasteiger charge is 1.96. The molecule has 0 unspecified atom stereocenters. The molecule has 0 saturated heterocycles. The molecule has 0 atom stereocenters. The van der Waals surface area contributed by atoms with E-state index in [1.54, 1.807) is 0 Å². The maximum atomic E-state index is 8.67. The van der Waals surface area contributed by atoms with Crippen LogP contribution < -0.4 is 0 Å². The first kappa shape index (κ1) is 10.4. The van der Waals surface area contributed by atoms with E-state index in [1.807, 2.05) is 18.9 Å². The van der Waals surface area contributed by atoms with E-state index in [0.717, 1.165) is 18.7 Å². The molecule has 0 aliphatic heterocycles. The van der Waals surface area contributed by atoms with Gasteiger partial charge in [0.1, 0.15) is 0 Å². The quantitative estimate of drug-likeness (QED) is 0.480. The van der Waals surface area contributed by atoms with Gasteiger partial charge in [0, 0.05) is 12.3 Å². The van der Waals surface area contributed by atoms with E-state index in [-0.39, 0.29) is 6.61 Å². The Labute approximate surface area is 68.7 Å². The molecule has 0 aliphatic rings. The minimum atomic E-state index is 0.177.